The van der Waals surface area contributed by atoms with E-state index in [4.69, 9.17) is 16.7 Å². The lowest BCUT2D eigenvalue weighted by atomic mass is 9.99. The van der Waals surface area contributed by atoms with Crippen molar-refractivity contribution in [1.29, 1.82) is 0 Å². The minimum atomic E-state index is -3.67. The summed E-state index contributed by atoms with van der Waals surface area (Å²) in [5.74, 6) is -0.797. The van der Waals surface area contributed by atoms with Crippen molar-refractivity contribution in [2.24, 2.45) is 0 Å². The lowest BCUT2D eigenvalue weighted by Gasteiger charge is -2.20. The number of benzene rings is 2. The van der Waals surface area contributed by atoms with Crippen molar-refractivity contribution in [3.63, 3.8) is 0 Å². The lowest BCUT2D eigenvalue weighted by molar-refractivity contribution is -0.137. The summed E-state index contributed by atoms with van der Waals surface area (Å²) < 4.78 is 28.5. The summed E-state index contributed by atoms with van der Waals surface area (Å²) in [6.07, 6.45) is 5.12. The molecule has 0 saturated heterocycles. The SMILES string of the molecule is CCCCCC(NS(=O)(=O)c1ccc(Cl)cc1)c1ccc(CCCC(=O)O)cc1. The van der Waals surface area contributed by atoms with Gasteiger partial charge in [0.15, 0.2) is 0 Å². The number of hydrogen-bond acceptors (Lipinski definition) is 3. The van der Waals surface area contributed by atoms with Crippen LogP contribution in [0.1, 0.15) is 62.6 Å². The van der Waals surface area contributed by atoms with E-state index in [0.29, 0.717) is 24.3 Å². The van der Waals surface area contributed by atoms with Crippen LogP contribution in [0.3, 0.4) is 0 Å². The fourth-order valence-corrected chi connectivity index (χ4v) is 4.51. The van der Waals surface area contributed by atoms with Crippen LogP contribution < -0.4 is 4.72 Å². The zero-order chi connectivity index (χ0) is 21.3. The molecule has 1 unspecified atom stereocenters. The second-order valence-electron chi connectivity index (χ2n) is 7.11. The second kappa shape index (κ2) is 11.3. The molecule has 0 radical (unpaired) electrons. The average molecular weight is 438 g/mol. The van der Waals surface area contributed by atoms with Gasteiger partial charge in [0.25, 0.3) is 0 Å². The zero-order valence-corrected chi connectivity index (χ0v) is 18.2. The first kappa shape index (κ1) is 23.4. The number of rotatable bonds is 12. The third-order valence-corrected chi connectivity index (χ3v) is 6.50. The minimum Gasteiger partial charge on any atom is -0.481 e. The largest absolute Gasteiger partial charge is 0.481 e. The van der Waals surface area contributed by atoms with Crippen LogP contribution in [0.4, 0.5) is 0 Å². The van der Waals surface area contributed by atoms with E-state index in [2.05, 4.69) is 11.6 Å². The van der Waals surface area contributed by atoms with E-state index in [1.807, 2.05) is 24.3 Å². The van der Waals surface area contributed by atoms with Crippen molar-refractivity contribution in [2.45, 2.75) is 62.8 Å². The maximum absolute atomic E-state index is 12.8. The Labute approximate surface area is 178 Å². The normalized spacial score (nSPS) is 12.6. The van der Waals surface area contributed by atoms with E-state index in [1.165, 1.54) is 12.1 Å². The summed E-state index contributed by atoms with van der Waals surface area (Å²) in [6, 6.07) is 13.5. The molecule has 0 aliphatic heterocycles. The number of carbonyl (C=O) groups is 1. The van der Waals surface area contributed by atoms with Crippen molar-refractivity contribution in [1.82, 2.24) is 4.72 Å². The van der Waals surface area contributed by atoms with Gasteiger partial charge in [-0.25, -0.2) is 13.1 Å². The first-order valence-corrected chi connectivity index (χ1v) is 11.8. The van der Waals surface area contributed by atoms with E-state index in [-0.39, 0.29) is 17.4 Å². The van der Waals surface area contributed by atoms with Gasteiger partial charge in [0.2, 0.25) is 10.0 Å². The maximum Gasteiger partial charge on any atom is 0.303 e. The van der Waals surface area contributed by atoms with Gasteiger partial charge >= 0.3 is 5.97 Å². The molecule has 2 rings (SSSR count). The molecule has 0 fully saturated rings. The number of nitrogens with one attached hydrogen (secondary N) is 1. The molecule has 0 aliphatic rings. The minimum absolute atomic E-state index is 0.141. The number of halogens is 1. The first-order valence-electron chi connectivity index (χ1n) is 9.90. The number of sulfonamides is 1. The Bertz CT molecular complexity index is 880. The number of aliphatic carboxylic acids is 1. The molecule has 2 aromatic carbocycles. The molecule has 158 valence electrons. The molecule has 0 saturated carbocycles. The Hall–Kier alpha value is -1.89. The van der Waals surface area contributed by atoms with E-state index < -0.39 is 16.0 Å². The Morgan fingerprint density at radius 3 is 2.28 bits per heavy atom. The van der Waals surface area contributed by atoms with E-state index in [0.717, 1.165) is 30.4 Å². The van der Waals surface area contributed by atoms with E-state index in [1.54, 1.807) is 12.1 Å². The van der Waals surface area contributed by atoms with Gasteiger partial charge in [0, 0.05) is 17.5 Å². The number of aryl methyl sites for hydroxylation is 1. The number of carboxylic acid groups (broad SMARTS) is 1. The van der Waals surface area contributed by atoms with Gasteiger partial charge in [-0.3, -0.25) is 4.79 Å². The average Bonchev–Trinajstić information content (AvgIpc) is 2.68. The molecule has 0 heterocycles. The highest BCUT2D eigenvalue weighted by Crippen LogP contribution is 2.24. The Kier molecular flexibility index (Phi) is 9.14. The molecule has 0 aliphatic carbocycles. The highest BCUT2D eigenvalue weighted by atomic mass is 35.5. The van der Waals surface area contributed by atoms with Gasteiger partial charge in [-0.15, -0.1) is 0 Å². The predicted octanol–water partition coefficient (Wildman–Crippen LogP) is 5.35. The van der Waals surface area contributed by atoms with Gasteiger partial charge in [-0.05, 0) is 54.7 Å². The van der Waals surface area contributed by atoms with Crippen molar-refractivity contribution < 1.29 is 18.3 Å². The van der Waals surface area contributed by atoms with Crippen LogP contribution in [0.15, 0.2) is 53.4 Å². The Morgan fingerprint density at radius 1 is 1.03 bits per heavy atom. The summed E-state index contributed by atoms with van der Waals surface area (Å²) in [5, 5.41) is 9.24. The summed E-state index contributed by atoms with van der Waals surface area (Å²) in [7, 11) is -3.67. The summed E-state index contributed by atoms with van der Waals surface area (Å²) in [6.45, 7) is 2.11. The van der Waals surface area contributed by atoms with E-state index in [9.17, 15) is 13.2 Å². The molecular weight excluding hydrogens is 410 g/mol. The van der Waals surface area contributed by atoms with Crippen molar-refractivity contribution >= 4 is 27.6 Å². The van der Waals surface area contributed by atoms with E-state index >= 15 is 0 Å². The molecule has 7 heteroatoms. The quantitative estimate of drug-likeness (QED) is 0.438. The third-order valence-electron chi connectivity index (χ3n) is 4.76. The third kappa shape index (κ3) is 7.80. The molecule has 0 aromatic heterocycles. The summed E-state index contributed by atoms with van der Waals surface area (Å²) in [4.78, 5) is 10.8. The fourth-order valence-electron chi connectivity index (χ4n) is 3.12. The van der Waals surface area contributed by atoms with Gasteiger partial charge in [-0.2, -0.15) is 0 Å². The van der Waals surface area contributed by atoms with Gasteiger partial charge in [0.1, 0.15) is 0 Å². The molecular formula is C22H28ClNO4S. The van der Waals surface area contributed by atoms with Crippen LogP contribution in [-0.2, 0) is 21.2 Å². The number of carboxylic acids is 1. The van der Waals surface area contributed by atoms with Gasteiger partial charge in [-0.1, -0.05) is 62.1 Å². The van der Waals surface area contributed by atoms with Crippen LogP contribution in [0, 0.1) is 0 Å². The molecule has 2 N–H and O–H groups in total. The summed E-state index contributed by atoms with van der Waals surface area (Å²) >= 11 is 5.87. The number of hydrogen-bond donors (Lipinski definition) is 2. The van der Waals surface area contributed by atoms with Crippen molar-refractivity contribution in [2.75, 3.05) is 0 Å². The molecule has 5 nitrogen and oxygen atoms in total. The van der Waals surface area contributed by atoms with Crippen molar-refractivity contribution in [3.8, 4) is 0 Å². The highest BCUT2D eigenvalue weighted by Gasteiger charge is 2.21. The van der Waals surface area contributed by atoms with Crippen LogP contribution in [0.25, 0.3) is 0 Å². The Morgan fingerprint density at radius 2 is 1.69 bits per heavy atom. The van der Waals surface area contributed by atoms with Crippen molar-refractivity contribution in [3.05, 3.63) is 64.7 Å². The predicted molar refractivity (Wildman–Crippen MR) is 116 cm³/mol. The van der Waals surface area contributed by atoms with Crippen LogP contribution in [0.5, 0.6) is 0 Å². The van der Waals surface area contributed by atoms with Crippen LogP contribution >= 0.6 is 11.6 Å². The first-order chi connectivity index (χ1) is 13.8. The monoisotopic (exact) mass is 437 g/mol. The standard InChI is InChI=1S/C22H28ClNO4S/c1-2-3-4-7-21(24-29(27,28)20-15-13-19(23)14-16-20)18-11-9-17(10-12-18)6-5-8-22(25)26/h9-16,21,24H,2-8H2,1H3,(H,25,26). The molecule has 29 heavy (non-hydrogen) atoms. The molecule has 1 atom stereocenters. The summed E-state index contributed by atoms with van der Waals surface area (Å²) in [5.41, 5.74) is 1.95. The van der Waals surface area contributed by atoms with Gasteiger partial charge in [0.05, 0.1) is 4.90 Å². The highest BCUT2D eigenvalue weighted by molar-refractivity contribution is 7.89. The molecule has 0 spiro atoms. The number of unbranched alkanes of at least 4 members (excludes halogenated alkanes) is 2. The smallest absolute Gasteiger partial charge is 0.303 e. The van der Waals surface area contributed by atoms with Crippen LogP contribution in [0.2, 0.25) is 5.02 Å². The molecule has 0 amide bonds. The lowest BCUT2D eigenvalue weighted by Crippen LogP contribution is -2.28. The Balaban J connectivity index is 2.14. The van der Waals surface area contributed by atoms with Crippen LogP contribution in [-0.4, -0.2) is 19.5 Å². The maximum atomic E-state index is 12.8. The molecule has 0 bridgehead atoms. The topological polar surface area (TPSA) is 83.5 Å². The molecule has 2 aromatic rings. The fraction of sp³-hybridized carbons (Fsp3) is 0.409. The second-order valence-corrected chi connectivity index (χ2v) is 9.26. The zero-order valence-electron chi connectivity index (χ0n) is 16.6. The van der Waals surface area contributed by atoms with Gasteiger partial charge < -0.3 is 5.11 Å².